The third-order valence-corrected chi connectivity index (χ3v) is 13.9. The lowest BCUT2D eigenvalue weighted by atomic mass is 9.78. The highest BCUT2D eigenvalue weighted by Gasteiger charge is 2.51. The van der Waals surface area contributed by atoms with E-state index in [-0.39, 0.29) is 23.6 Å². The van der Waals surface area contributed by atoms with E-state index in [2.05, 4.69) is 128 Å². The van der Waals surface area contributed by atoms with Crippen LogP contribution in [0.5, 0.6) is 0 Å². The molecule has 2 aromatic heterocycles. The fraction of sp³-hybridized carbons (Fsp3) is 0.129. The van der Waals surface area contributed by atoms with Crippen molar-refractivity contribution in [2.24, 2.45) is 0 Å². The molecule has 0 saturated carbocycles. The van der Waals surface area contributed by atoms with Gasteiger partial charge in [0.25, 0.3) is 0 Å². The Hall–Kier alpha value is -7.95. The van der Waals surface area contributed by atoms with Gasteiger partial charge in [0.1, 0.15) is 0 Å². The van der Waals surface area contributed by atoms with Crippen LogP contribution in [0, 0.1) is 0 Å². The summed E-state index contributed by atoms with van der Waals surface area (Å²) in [6, 6.07) is 70.0. The van der Waals surface area contributed by atoms with Crippen molar-refractivity contribution in [1.29, 1.82) is 0 Å². The van der Waals surface area contributed by atoms with Crippen LogP contribution >= 0.6 is 11.6 Å². The molecule has 72 heavy (non-hydrogen) atoms. The molecule has 0 unspecified atom stereocenters. The molecule has 3 heterocycles. The number of hydrogen-bond acceptors (Lipinski definition) is 8. The summed E-state index contributed by atoms with van der Waals surface area (Å²) in [4.78, 5) is 27.3. The van der Waals surface area contributed by atoms with Gasteiger partial charge >= 0.3 is 7.12 Å². The van der Waals surface area contributed by atoms with Crippen LogP contribution in [0.4, 0.5) is 0 Å². The number of aromatic nitrogens is 6. The molecule has 0 amide bonds. The first-order valence-corrected chi connectivity index (χ1v) is 24.6. The van der Waals surface area contributed by atoms with Crippen molar-refractivity contribution in [1.82, 2.24) is 29.9 Å². The van der Waals surface area contributed by atoms with Crippen molar-refractivity contribution >= 4 is 24.2 Å². The Kier molecular flexibility index (Phi) is 12.7. The molecule has 10 heteroatoms. The van der Waals surface area contributed by atoms with Gasteiger partial charge < -0.3 is 9.31 Å². The lowest BCUT2D eigenvalue weighted by molar-refractivity contribution is 0.00578. The van der Waals surface area contributed by atoms with E-state index in [1.54, 1.807) is 0 Å². The van der Waals surface area contributed by atoms with E-state index in [0.29, 0.717) is 29.1 Å². The molecule has 1 fully saturated rings. The molecule has 13 rings (SSSR count). The molecule has 2 aliphatic carbocycles. The average molecular weight is 957 g/mol. The highest BCUT2D eigenvalue weighted by Crippen LogP contribution is 2.40. The molecule has 10 aromatic rings. The van der Waals surface area contributed by atoms with Crippen molar-refractivity contribution in [3.05, 3.63) is 234 Å². The molecule has 350 valence electrons. The maximum absolute atomic E-state index is 6.16. The van der Waals surface area contributed by atoms with Crippen LogP contribution in [-0.4, -0.2) is 48.2 Å². The SMILES string of the molecule is CC1(C)OB(c2ccc3c(c2)Cc2ccccc2-3)OC1(C)C.Clc1nc(-c2ccccc2)nc(-c2ccccc2)n1.c1ccc(-c2nc(-c3ccccc3)nc(-c3ccc4c(c3)Cc3ccccc3-4)n2)cc1. The van der Waals surface area contributed by atoms with Crippen molar-refractivity contribution < 1.29 is 9.31 Å². The van der Waals surface area contributed by atoms with Gasteiger partial charge in [0.2, 0.25) is 5.28 Å². The molecular weight excluding hydrogens is 907 g/mol. The van der Waals surface area contributed by atoms with Gasteiger partial charge in [-0.15, -0.1) is 0 Å². The first-order valence-electron chi connectivity index (χ1n) is 24.2. The lowest BCUT2D eigenvalue weighted by Crippen LogP contribution is -2.41. The maximum Gasteiger partial charge on any atom is 0.494 e. The van der Waals surface area contributed by atoms with Gasteiger partial charge in [-0.2, -0.15) is 9.97 Å². The predicted molar refractivity (Wildman–Crippen MR) is 290 cm³/mol. The quantitative estimate of drug-likeness (QED) is 0.152. The summed E-state index contributed by atoms with van der Waals surface area (Å²) in [5.41, 5.74) is 16.2. The number of nitrogens with zero attached hydrogens (tertiary/aromatic N) is 6. The predicted octanol–water partition coefficient (Wildman–Crippen LogP) is 13.9. The monoisotopic (exact) mass is 956 g/mol. The Labute approximate surface area is 426 Å². The van der Waals surface area contributed by atoms with Gasteiger partial charge in [0, 0.05) is 27.8 Å². The normalized spacial score (nSPS) is 14.2. The van der Waals surface area contributed by atoms with Crippen LogP contribution in [0.2, 0.25) is 5.28 Å². The molecule has 8 aromatic carbocycles. The molecule has 0 N–H and O–H groups in total. The summed E-state index contributed by atoms with van der Waals surface area (Å²) in [7, 11) is -0.279. The molecule has 3 aliphatic rings. The van der Waals surface area contributed by atoms with Crippen LogP contribution in [0.15, 0.2) is 206 Å². The Morgan fingerprint density at radius 1 is 0.347 bits per heavy atom. The van der Waals surface area contributed by atoms with E-state index >= 15 is 0 Å². The van der Waals surface area contributed by atoms with E-state index in [4.69, 9.17) is 35.9 Å². The summed E-state index contributed by atoms with van der Waals surface area (Å²) in [5.74, 6) is 3.24. The summed E-state index contributed by atoms with van der Waals surface area (Å²) < 4.78 is 12.3. The van der Waals surface area contributed by atoms with Gasteiger partial charge in [0.05, 0.1) is 11.2 Å². The smallest absolute Gasteiger partial charge is 0.399 e. The molecule has 0 spiro atoms. The third kappa shape index (κ3) is 9.62. The summed E-state index contributed by atoms with van der Waals surface area (Å²) in [5, 5.41) is 0.202. The largest absolute Gasteiger partial charge is 0.494 e. The fourth-order valence-electron chi connectivity index (χ4n) is 9.30. The van der Waals surface area contributed by atoms with E-state index in [0.717, 1.165) is 46.1 Å². The fourth-order valence-corrected chi connectivity index (χ4v) is 9.46. The molecule has 1 aliphatic heterocycles. The average Bonchev–Trinajstić information content (AvgIpc) is 4.06. The summed E-state index contributed by atoms with van der Waals surface area (Å²) in [6.07, 6.45) is 1.94. The zero-order valence-corrected chi connectivity index (χ0v) is 41.3. The van der Waals surface area contributed by atoms with E-state index in [1.807, 2.05) is 121 Å². The molecular formula is C62H50BClN6O2. The Morgan fingerprint density at radius 3 is 1.11 bits per heavy atom. The minimum absolute atomic E-state index is 0.202. The van der Waals surface area contributed by atoms with Gasteiger partial charge in [-0.25, -0.2) is 19.9 Å². The molecule has 0 atom stereocenters. The molecule has 1 saturated heterocycles. The molecule has 0 radical (unpaired) electrons. The van der Waals surface area contributed by atoms with Crippen LogP contribution in [-0.2, 0) is 22.2 Å². The first-order chi connectivity index (χ1) is 35.0. The zero-order valence-electron chi connectivity index (χ0n) is 40.5. The highest BCUT2D eigenvalue weighted by atomic mass is 35.5. The number of halogens is 1. The number of benzene rings is 8. The van der Waals surface area contributed by atoms with Gasteiger partial charge in [-0.05, 0) is 108 Å². The maximum atomic E-state index is 6.16. The van der Waals surface area contributed by atoms with E-state index in [1.165, 1.54) is 44.5 Å². The summed E-state index contributed by atoms with van der Waals surface area (Å²) >= 11 is 5.99. The standard InChI is InChI=1S/C28H19N3.C19H21BO2.C15H10ClN3/c1-3-9-19(10-4-1)26-29-27(20-11-5-2-6-12-20)31-28(30-26)22-15-16-25-23(18-22)17-21-13-7-8-14-24(21)25;1-18(2)19(3,4)22-20(21-18)15-9-10-17-14(12-15)11-13-7-5-6-8-16(13)17;16-15-18-13(11-7-3-1-4-8-11)17-14(19-15)12-9-5-2-6-10-12/h1-16,18H,17H2;5-10,12H,11H2,1-4H3;1-10H. The van der Waals surface area contributed by atoms with Crippen LogP contribution in [0.25, 0.3) is 79.2 Å². The van der Waals surface area contributed by atoms with Crippen LogP contribution < -0.4 is 5.46 Å². The van der Waals surface area contributed by atoms with E-state index < -0.39 is 0 Å². The second kappa shape index (κ2) is 19.7. The Bertz CT molecular complexity index is 3430. The Balaban J connectivity index is 0.000000121. The minimum atomic E-state index is -0.292. The zero-order chi connectivity index (χ0) is 49.2. The van der Waals surface area contributed by atoms with Gasteiger partial charge in [0.15, 0.2) is 29.1 Å². The highest BCUT2D eigenvalue weighted by molar-refractivity contribution is 6.62. The topological polar surface area (TPSA) is 95.8 Å². The van der Waals surface area contributed by atoms with Crippen LogP contribution in [0.3, 0.4) is 0 Å². The minimum Gasteiger partial charge on any atom is -0.399 e. The van der Waals surface area contributed by atoms with E-state index in [9.17, 15) is 0 Å². The second-order valence-electron chi connectivity index (χ2n) is 19.1. The number of fused-ring (bicyclic) bond motifs is 6. The number of rotatable bonds is 6. The van der Waals surface area contributed by atoms with Crippen LogP contribution in [0.1, 0.15) is 49.9 Å². The molecule has 0 bridgehead atoms. The Morgan fingerprint density at radius 2 is 0.681 bits per heavy atom. The molecule has 8 nitrogen and oxygen atoms in total. The van der Waals surface area contributed by atoms with Gasteiger partial charge in [-0.3, -0.25) is 0 Å². The summed E-state index contributed by atoms with van der Waals surface area (Å²) in [6.45, 7) is 8.37. The van der Waals surface area contributed by atoms with Crippen molar-refractivity contribution in [2.75, 3.05) is 0 Å². The third-order valence-electron chi connectivity index (χ3n) is 13.8. The first kappa shape index (κ1) is 46.4. The second-order valence-corrected chi connectivity index (χ2v) is 19.4. The lowest BCUT2D eigenvalue weighted by Gasteiger charge is -2.32. The van der Waals surface area contributed by atoms with Crippen molar-refractivity contribution in [2.45, 2.75) is 51.7 Å². The van der Waals surface area contributed by atoms with Crippen molar-refractivity contribution in [3.63, 3.8) is 0 Å². The van der Waals surface area contributed by atoms with Crippen molar-refractivity contribution in [3.8, 4) is 79.2 Å². The number of hydrogen-bond donors (Lipinski definition) is 0. The van der Waals surface area contributed by atoms with Gasteiger partial charge in [-0.1, -0.05) is 200 Å².